The largest absolute Gasteiger partial charge is 0.481 e. The van der Waals surface area contributed by atoms with Crippen molar-refractivity contribution in [2.75, 3.05) is 13.2 Å². The highest BCUT2D eigenvalue weighted by atomic mass is 16.6. The molecule has 0 bridgehead atoms. The van der Waals surface area contributed by atoms with Crippen LogP contribution in [0.1, 0.15) is 46.5 Å². The molecular formula is C15H27N3O5. The first-order valence-electron chi connectivity index (χ1n) is 7.88. The first-order chi connectivity index (χ1) is 10.7. The Bertz CT molecular complexity index is 425. The number of nitrogens with one attached hydrogen (secondary N) is 3. The Morgan fingerprint density at radius 1 is 1.04 bits per heavy atom. The van der Waals surface area contributed by atoms with Crippen LogP contribution in [0.5, 0.6) is 0 Å². The molecule has 23 heavy (non-hydrogen) atoms. The molecule has 0 aliphatic heterocycles. The van der Waals surface area contributed by atoms with Crippen LogP contribution in [0.3, 0.4) is 0 Å². The van der Waals surface area contributed by atoms with Crippen LogP contribution in [0.2, 0.25) is 0 Å². The number of carbonyl (C=O) groups excluding carboxylic acids is 2. The Labute approximate surface area is 136 Å². The number of ether oxygens (including phenoxy) is 1. The van der Waals surface area contributed by atoms with E-state index in [4.69, 9.17) is 9.84 Å². The van der Waals surface area contributed by atoms with Crippen LogP contribution < -0.4 is 16.0 Å². The first-order valence-corrected chi connectivity index (χ1v) is 7.88. The van der Waals surface area contributed by atoms with E-state index in [1.807, 2.05) is 0 Å². The van der Waals surface area contributed by atoms with Crippen molar-refractivity contribution >= 4 is 18.1 Å². The van der Waals surface area contributed by atoms with E-state index in [1.165, 1.54) is 0 Å². The number of hydrogen-bond acceptors (Lipinski definition) is 4. The first kappa shape index (κ1) is 19.1. The average molecular weight is 329 g/mol. The fraction of sp³-hybridized carbons (Fsp3) is 0.800. The molecule has 1 fully saturated rings. The summed E-state index contributed by atoms with van der Waals surface area (Å²) in [5.74, 6) is -0.685. The van der Waals surface area contributed by atoms with Gasteiger partial charge in [-0.05, 0) is 52.4 Å². The highest BCUT2D eigenvalue weighted by Gasteiger charge is 2.25. The number of urea groups is 1. The maximum Gasteiger partial charge on any atom is 0.409 e. The summed E-state index contributed by atoms with van der Waals surface area (Å²) >= 11 is 0. The van der Waals surface area contributed by atoms with Crippen molar-refractivity contribution in [2.45, 2.75) is 52.1 Å². The Hall–Kier alpha value is -1.99. The fourth-order valence-electron chi connectivity index (χ4n) is 2.42. The topological polar surface area (TPSA) is 117 Å². The summed E-state index contributed by atoms with van der Waals surface area (Å²) in [5, 5.41) is 16.6. The van der Waals surface area contributed by atoms with Crippen LogP contribution in [-0.4, -0.2) is 42.0 Å². The van der Waals surface area contributed by atoms with Crippen LogP contribution >= 0.6 is 0 Å². The molecule has 1 aliphatic rings. The van der Waals surface area contributed by atoms with E-state index < -0.39 is 17.7 Å². The molecular weight excluding hydrogens is 302 g/mol. The van der Waals surface area contributed by atoms with Gasteiger partial charge in [0.2, 0.25) is 0 Å². The van der Waals surface area contributed by atoms with Crippen LogP contribution in [0, 0.1) is 11.8 Å². The van der Waals surface area contributed by atoms with E-state index in [-0.39, 0.29) is 18.6 Å². The second-order valence-electron chi connectivity index (χ2n) is 6.80. The molecule has 0 spiro atoms. The SMILES string of the molecule is CC(C)(C)OC(=O)NCNC(=O)NCC1CCC(C(=O)O)CC1. The molecule has 1 aliphatic carbocycles. The predicted molar refractivity (Wildman–Crippen MR) is 83.9 cm³/mol. The highest BCUT2D eigenvalue weighted by Crippen LogP contribution is 2.28. The van der Waals surface area contributed by atoms with E-state index in [0.717, 1.165) is 12.8 Å². The van der Waals surface area contributed by atoms with Crippen LogP contribution in [0.25, 0.3) is 0 Å². The van der Waals surface area contributed by atoms with Crippen molar-refractivity contribution in [3.8, 4) is 0 Å². The van der Waals surface area contributed by atoms with Gasteiger partial charge < -0.3 is 25.8 Å². The van der Waals surface area contributed by atoms with E-state index in [9.17, 15) is 14.4 Å². The predicted octanol–water partition coefficient (Wildman–Crippen LogP) is 1.66. The van der Waals surface area contributed by atoms with Crippen molar-refractivity contribution in [1.82, 2.24) is 16.0 Å². The molecule has 8 heteroatoms. The second-order valence-corrected chi connectivity index (χ2v) is 6.80. The minimum atomic E-state index is -0.734. The highest BCUT2D eigenvalue weighted by molar-refractivity contribution is 5.74. The molecule has 0 radical (unpaired) electrons. The smallest absolute Gasteiger partial charge is 0.409 e. The zero-order chi connectivity index (χ0) is 17.5. The zero-order valence-electron chi connectivity index (χ0n) is 14.0. The van der Waals surface area contributed by atoms with E-state index in [1.54, 1.807) is 20.8 Å². The zero-order valence-corrected chi connectivity index (χ0v) is 14.0. The minimum absolute atomic E-state index is 0.0213. The lowest BCUT2D eigenvalue weighted by molar-refractivity contribution is -0.143. The van der Waals surface area contributed by atoms with Crippen molar-refractivity contribution in [3.63, 3.8) is 0 Å². The Kier molecular flexibility index (Phi) is 7.12. The number of rotatable bonds is 5. The molecule has 0 unspecified atom stereocenters. The maximum absolute atomic E-state index is 11.6. The third-order valence-corrected chi connectivity index (χ3v) is 3.63. The van der Waals surface area contributed by atoms with Gasteiger partial charge >= 0.3 is 18.1 Å². The van der Waals surface area contributed by atoms with Gasteiger partial charge in [0.15, 0.2) is 0 Å². The molecule has 0 heterocycles. The monoisotopic (exact) mass is 329 g/mol. The molecule has 1 rings (SSSR count). The van der Waals surface area contributed by atoms with Crippen molar-refractivity contribution in [2.24, 2.45) is 11.8 Å². The summed E-state index contributed by atoms with van der Waals surface area (Å²) in [6.45, 7) is 5.75. The normalized spacial score (nSPS) is 21.2. The number of aliphatic carboxylic acids is 1. The molecule has 4 N–H and O–H groups in total. The lowest BCUT2D eigenvalue weighted by Crippen LogP contribution is -2.45. The summed E-state index contributed by atoms with van der Waals surface area (Å²) in [4.78, 5) is 33.9. The van der Waals surface area contributed by atoms with E-state index in [0.29, 0.717) is 25.3 Å². The van der Waals surface area contributed by atoms with Crippen molar-refractivity contribution < 1.29 is 24.2 Å². The average Bonchev–Trinajstić information content (AvgIpc) is 2.43. The van der Waals surface area contributed by atoms with Gasteiger partial charge in [-0.3, -0.25) is 4.79 Å². The quantitative estimate of drug-likeness (QED) is 0.572. The van der Waals surface area contributed by atoms with Crippen molar-refractivity contribution in [1.29, 1.82) is 0 Å². The number of carboxylic acids is 1. The lowest BCUT2D eigenvalue weighted by atomic mass is 9.82. The van der Waals surface area contributed by atoms with Crippen LogP contribution in [0.15, 0.2) is 0 Å². The van der Waals surface area contributed by atoms with E-state index in [2.05, 4.69) is 16.0 Å². The molecule has 8 nitrogen and oxygen atoms in total. The van der Waals surface area contributed by atoms with Gasteiger partial charge in [-0.25, -0.2) is 9.59 Å². The Balaban J connectivity index is 2.11. The lowest BCUT2D eigenvalue weighted by Gasteiger charge is -2.26. The third kappa shape index (κ3) is 8.27. The second kappa shape index (κ2) is 8.59. The number of hydrogen-bond donors (Lipinski definition) is 4. The molecule has 0 aromatic heterocycles. The molecule has 0 atom stereocenters. The Morgan fingerprint density at radius 2 is 1.65 bits per heavy atom. The van der Waals surface area contributed by atoms with Crippen LogP contribution in [-0.2, 0) is 9.53 Å². The van der Waals surface area contributed by atoms with Gasteiger partial charge in [0.25, 0.3) is 0 Å². The number of carboxylic acid groups (broad SMARTS) is 1. The summed E-state index contributed by atoms with van der Waals surface area (Å²) in [6, 6.07) is -0.374. The fourth-order valence-corrected chi connectivity index (χ4v) is 2.42. The summed E-state index contributed by atoms with van der Waals surface area (Å²) in [7, 11) is 0. The number of alkyl carbamates (subject to hydrolysis) is 1. The van der Waals surface area contributed by atoms with Crippen LogP contribution in [0.4, 0.5) is 9.59 Å². The molecule has 0 saturated heterocycles. The van der Waals surface area contributed by atoms with Gasteiger partial charge in [0.1, 0.15) is 5.60 Å². The summed E-state index contributed by atoms with van der Waals surface area (Å²) in [5.41, 5.74) is -0.582. The molecule has 0 aromatic rings. The van der Waals surface area contributed by atoms with Gasteiger partial charge in [-0.2, -0.15) is 0 Å². The van der Waals surface area contributed by atoms with Crippen molar-refractivity contribution in [3.05, 3.63) is 0 Å². The Morgan fingerprint density at radius 3 is 2.17 bits per heavy atom. The van der Waals surface area contributed by atoms with Gasteiger partial charge in [0.05, 0.1) is 12.6 Å². The van der Waals surface area contributed by atoms with Gasteiger partial charge in [-0.1, -0.05) is 0 Å². The van der Waals surface area contributed by atoms with Gasteiger partial charge in [-0.15, -0.1) is 0 Å². The third-order valence-electron chi connectivity index (χ3n) is 3.63. The van der Waals surface area contributed by atoms with Gasteiger partial charge in [0, 0.05) is 6.54 Å². The van der Waals surface area contributed by atoms with E-state index >= 15 is 0 Å². The summed E-state index contributed by atoms with van der Waals surface area (Å²) < 4.78 is 5.03. The number of amides is 3. The molecule has 1 saturated carbocycles. The summed E-state index contributed by atoms with van der Waals surface area (Å²) in [6.07, 6.45) is 2.32. The standard InChI is InChI=1S/C15H27N3O5/c1-15(2,3)23-14(22)18-9-17-13(21)16-8-10-4-6-11(7-5-10)12(19)20/h10-11H,4-9H2,1-3H3,(H,18,22)(H,19,20)(H2,16,17,21). The molecule has 3 amide bonds. The molecule has 132 valence electrons. The minimum Gasteiger partial charge on any atom is -0.481 e. The molecule has 0 aromatic carbocycles. The maximum atomic E-state index is 11.6. The number of carbonyl (C=O) groups is 3.